The third kappa shape index (κ3) is 5.75. The van der Waals surface area contributed by atoms with Crippen molar-refractivity contribution in [2.45, 2.75) is 83.1 Å². The van der Waals surface area contributed by atoms with Crippen LogP contribution in [-0.2, 0) is 14.3 Å². The molecule has 0 aromatic rings. The Balaban J connectivity index is 1.59. The molecule has 1 aliphatic heterocycles. The highest BCUT2D eigenvalue weighted by Crippen LogP contribution is 2.43. The van der Waals surface area contributed by atoms with Crippen LogP contribution < -0.4 is 0 Å². The number of hydroxylamine groups is 2. The predicted molar refractivity (Wildman–Crippen MR) is 122 cm³/mol. The van der Waals surface area contributed by atoms with Gasteiger partial charge in [0.1, 0.15) is 6.10 Å². The zero-order valence-electron chi connectivity index (χ0n) is 18.9. The van der Waals surface area contributed by atoms with Crippen LogP contribution >= 0.6 is 0 Å². The third-order valence-electron chi connectivity index (χ3n) is 7.68. The first-order valence-corrected chi connectivity index (χ1v) is 12.4. The van der Waals surface area contributed by atoms with Gasteiger partial charge in [0.25, 0.3) is 0 Å². The van der Waals surface area contributed by atoms with E-state index in [-0.39, 0.29) is 35.9 Å². The summed E-state index contributed by atoms with van der Waals surface area (Å²) in [7, 11) is 0. The summed E-state index contributed by atoms with van der Waals surface area (Å²) in [5.41, 5.74) is 0. The molecule has 1 saturated heterocycles. The second-order valence-electron chi connectivity index (χ2n) is 9.81. The highest BCUT2D eigenvalue weighted by molar-refractivity contribution is 5.84. The van der Waals surface area contributed by atoms with Crippen LogP contribution in [0.3, 0.4) is 0 Å². The molecular weight excluding hydrogens is 390 g/mol. The van der Waals surface area contributed by atoms with E-state index in [1.165, 1.54) is 5.06 Å². The van der Waals surface area contributed by atoms with Gasteiger partial charge in [0.05, 0.1) is 0 Å². The Morgan fingerprint density at radius 1 is 1.13 bits per heavy atom. The molecule has 4 rings (SSSR count). The van der Waals surface area contributed by atoms with Crippen molar-refractivity contribution >= 4 is 5.78 Å². The van der Waals surface area contributed by atoms with Gasteiger partial charge >= 0.3 is 0 Å². The summed E-state index contributed by atoms with van der Waals surface area (Å²) < 4.78 is 12.3. The van der Waals surface area contributed by atoms with Gasteiger partial charge in [-0.2, -0.15) is 0 Å². The molecule has 0 spiro atoms. The zero-order valence-corrected chi connectivity index (χ0v) is 18.9. The van der Waals surface area contributed by atoms with Gasteiger partial charge in [-0.05, 0) is 75.7 Å². The molecule has 0 N–H and O–H groups in total. The van der Waals surface area contributed by atoms with Crippen molar-refractivity contribution < 1.29 is 14.3 Å². The lowest BCUT2D eigenvalue weighted by Gasteiger charge is -2.45. The van der Waals surface area contributed by atoms with Gasteiger partial charge < -0.3 is 19.7 Å². The largest absolute Gasteiger partial charge is 0.785 e. The second-order valence-corrected chi connectivity index (χ2v) is 9.81. The fraction of sp³-hybridized carbons (Fsp3) is 0.731. The van der Waals surface area contributed by atoms with Gasteiger partial charge in [0, 0.05) is 25.0 Å². The minimum Gasteiger partial charge on any atom is -0.785 e. The van der Waals surface area contributed by atoms with E-state index in [0.29, 0.717) is 25.5 Å². The van der Waals surface area contributed by atoms with E-state index in [0.717, 1.165) is 51.4 Å². The van der Waals surface area contributed by atoms with Gasteiger partial charge in [-0.1, -0.05) is 43.4 Å². The Morgan fingerprint density at radius 3 is 2.74 bits per heavy atom. The average Bonchev–Trinajstić information content (AvgIpc) is 2.93. The standard InChI is InChI=1S/C26H38NO4/c1-19-15-16-23(28)26(31-24-14-8-9-17-30-24)25(20-10-4-2-5-11-20)22(19)18-27(29)21-12-6-3-7-13-21/h3-4,6-7,10,12,19-22,24-26H,2,5,8-9,11,13-18H2,1H3/q-1/t19-,20?,21?,22?,24?,25-,26-/m1/s1. The summed E-state index contributed by atoms with van der Waals surface area (Å²) >= 11 is 0. The zero-order chi connectivity index (χ0) is 21.6. The predicted octanol–water partition coefficient (Wildman–Crippen LogP) is 5.17. The number of Topliss-reactive ketones (excluding diaryl/α,β-unsaturated/α-hetero) is 1. The number of allylic oxidation sites excluding steroid dienone is 4. The lowest BCUT2D eigenvalue weighted by molar-refractivity contribution is -0.206. The SMILES string of the molecule is C[C@@H]1CCC(=O)[C@@H](OC2CCCCO2)[C@H](C2C=CCCC2)C1CN([O-])C1C=CC=CC1. The molecule has 0 amide bonds. The molecule has 5 heteroatoms. The molecule has 3 aliphatic carbocycles. The number of ether oxygens (including phenoxy) is 2. The molecule has 4 aliphatic rings. The fourth-order valence-electron chi connectivity index (χ4n) is 5.82. The molecule has 0 bridgehead atoms. The Hall–Kier alpha value is -1.27. The highest BCUT2D eigenvalue weighted by atomic mass is 16.7. The molecule has 7 atom stereocenters. The van der Waals surface area contributed by atoms with E-state index >= 15 is 0 Å². The van der Waals surface area contributed by atoms with Crippen LogP contribution in [0.2, 0.25) is 0 Å². The molecule has 172 valence electrons. The van der Waals surface area contributed by atoms with Crippen molar-refractivity contribution in [1.82, 2.24) is 5.06 Å². The first-order chi connectivity index (χ1) is 15.1. The Kier molecular flexibility index (Phi) is 8.16. The highest BCUT2D eigenvalue weighted by Gasteiger charge is 2.45. The normalized spacial score (nSPS) is 39.1. The van der Waals surface area contributed by atoms with E-state index in [1.807, 2.05) is 18.2 Å². The van der Waals surface area contributed by atoms with E-state index < -0.39 is 6.10 Å². The second kappa shape index (κ2) is 11.0. The summed E-state index contributed by atoms with van der Waals surface area (Å²) in [6.07, 6.45) is 20.2. The van der Waals surface area contributed by atoms with E-state index in [4.69, 9.17) is 9.47 Å². The molecule has 2 fully saturated rings. The lowest BCUT2D eigenvalue weighted by atomic mass is 9.70. The summed E-state index contributed by atoms with van der Waals surface area (Å²) in [5.74, 6) is 0.957. The van der Waals surface area contributed by atoms with Gasteiger partial charge in [-0.15, -0.1) is 0 Å². The average molecular weight is 429 g/mol. The molecule has 1 heterocycles. The van der Waals surface area contributed by atoms with E-state index in [2.05, 4.69) is 25.2 Å². The molecule has 1 saturated carbocycles. The van der Waals surface area contributed by atoms with Crippen molar-refractivity contribution in [3.05, 3.63) is 41.7 Å². The molecule has 0 radical (unpaired) electrons. The minimum atomic E-state index is -0.471. The number of ketones is 1. The molecule has 5 nitrogen and oxygen atoms in total. The fourth-order valence-corrected chi connectivity index (χ4v) is 5.82. The maximum Gasteiger partial charge on any atom is 0.162 e. The van der Waals surface area contributed by atoms with Crippen LogP contribution in [0, 0.1) is 28.9 Å². The first-order valence-electron chi connectivity index (χ1n) is 12.4. The maximum atomic E-state index is 13.3. The van der Waals surface area contributed by atoms with Gasteiger partial charge in [-0.3, -0.25) is 4.79 Å². The number of carbonyl (C=O) groups is 1. The first kappa shape index (κ1) is 22.9. The molecule has 0 aromatic heterocycles. The van der Waals surface area contributed by atoms with Crippen molar-refractivity contribution in [1.29, 1.82) is 0 Å². The Morgan fingerprint density at radius 2 is 2.03 bits per heavy atom. The lowest BCUT2D eigenvalue weighted by Crippen LogP contribution is -2.47. The topological polar surface area (TPSA) is 61.8 Å². The number of carbonyl (C=O) groups excluding carboxylic acids is 1. The summed E-state index contributed by atoms with van der Waals surface area (Å²) in [6.45, 7) is 3.38. The molecule has 4 unspecified atom stereocenters. The van der Waals surface area contributed by atoms with Crippen LogP contribution in [0.1, 0.15) is 64.7 Å². The van der Waals surface area contributed by atoms with Crippen molar-refractivity contribution in [2.75, 3.05) is 13.2 Å². The Labute approximate surface area is 187 Å². The number of hydrogen-bond donors (Lipinski definition) is 0. The molecular formula is C26H38NO4-. The van der Waals surface area contributed by atoms with Gasteiger partial charge in [0.2, 0.25) is 0 Å². The van der Waals surface area contributed by atoms with E-state index in [9.17, 15) is 10.0 Å². The number of rotatable bonds is 6. The molecule has 0 aromatic carbocycles. The van der Waals surface area contributed by atoms with Crippen molar-refractivity contribution in [3.63, 3.8) is 0 Å². The van der Waals surface area contributed by atoms with Crippen LogP contribution in [0.4, 0.5) is 0 Å². The Bertz CT molecular complexity index is 681. The summed E-state index contributed by atoms with van der Waals surface area (Å²) in [6, 6.07) is -0.111. The van der Waals surface area contributed by atoms with Crippen molar-refractivity contribution in [3.8, 4) is 0 Å². The summed E-state index contributed by atoms with van der Waals surface area (Å²) in [4.78, 5) is 13.3. The molecule has 31 heavy (non-hydrogen) atoms. The minimum absolute atomic E-state index is 0.0339. The number of hydrogen-bond acceptors (Lipinski definition) is 5. The summed E-state index contributed by atoms with van der Waals surface area (Å²) in [5, 5.41) is 14.4. The van der Waals surface area contributed by atoms with Crippen LogP contribution in [0.15, 0.2) is 36.5 Å². The third-order valence-corrected chi connectivity index (χ3v) is 7.68. The quantitative estimate of drug-likeness (QED) is 0.332. The van der Waals surface area contributed by atoms with E-state index in [1.54, 1.807) is 0 Å². The maximum absolute atomic E-state index is 13.3. The van der Waals surface area contributed by atoms with Gasteiger partial charge in [0.15, 0.2) is 12.1 Å². The van der Waals surface area contributed by atoms with Crippen LogP contribution in [0.5, 0.6) is 0 Å². The van der Waals surface area contributed by atoms with Crippen molar-refractivity contribution in [2.24, 2.45) is 23.7 Å². The van der Waals surface area contributed by atoms with Gasteiger partial charge in [-0.25, -0.2) is 0 Å². The monoisotopic (exact) mass is 428 g/mol. The number of nitrogens with zero attached hydrogens (tertiary/aromatic N) is 1. The van der Waals surface area contributed by atoms with Crippen LogP contribution in [-0.4, -0.2) is 42.4 Å². The van der Waals surface area contributed by atoms with Crippen LogP contribution in [0.25, 0.3) is 0 Å². The smallest absolute Gasteiger partial charge is 0.162 e.